The van der Waals surface area contributed by atoms with Crippen LogP contribution < -0.4 is 4.90 Å². The highest BCUT2D eigenvalue weighted by atomic mass is 16.3. The maximum absolute atomic E-state index is 10.0. The number of phenolic OH excluding ortho intramolecular Hbond substituents is 1. The molecule has 88 valence electrons. The average molecular weight is 228 g/mol. The predicted octanol–water partition coefficient (Wildman–Crippen LogP) is 2.93. The molecule has 0 aliphatic carbocycles. The monoisotopic (exact) mass is 228 g/mol. The number of aromatic hydroxyl groups is 1. The van der Waals surface area contributed by atoms with Crippen molar-refractivity contribution in [3.8, 4) is 5.75 Å². The Morgan fingerprint density at radius 3 is 2.71 bits per heavy atom. The van der Waals surface area contributed by atoms with Crippen LogP contribution in [0.15, 0.2) is 30.5 Å². The number of fused-ring (bicyclic) bond motifs is 1. The molecule has 1 aliphatic heterocycles. The molecule has 0 atom stereocenters. The fourth-order valence-corrected chi connectivity index (χ4v) is 2.54. The Balaban J connectivity index is 2.14. The number of piperidine rings is 1. The van der Waals surface area contributed by atoms with E-state index in [0.717, 1.165) is 29.7 Å². The zero-order chi connectivity index (χ0) is 11.7. The maximum Gasteiger partial charge on any atom is 0.140 e. The lowest BCUT2D eigenvalue weighted by molar-refractivity contribution is 0.481. The van der Waals surface area contributed by atoms with Gasteiger partial charge in [0.05, 0.1) is 5.39 Å². The van der Waals surface area contributed by atoms with Crippen molar-refractivity contribution in [3.05, 3.63) is 30.5 Å². The van der Waals surface area contributed by atoms with Gasteiger partial charge in [-0.3, -0.25) is 0 Å². The number of hydrogen-bond acceptors (Lipinski definition) is 3. The smallest absolute Gasteiger partial charge is 0.140 e. The lowest BCUT2D eigenvalue weighted by Crippen LogP contribution is -2.30. The number of pyridine rings is 1. The summed E-state index contributed by atoms with van der Waals surface area (Å²) in [6.07, 6.45) is 5.55. The Hall–Kier alpha value is -1.77. The molecular weight excluding hydrogens is 212 g/mol. The van der Waals surface area contributed by atoms with Crippen molar-refractivity contribution < 1.29 is 5.11 Å². The van der Waals surface area contributed by atoms with Gasteiger partial charge in [-0.05, 0) is 36.8 Å². The summed E-state index contributed by atoms with van der Waals surface area (Å²) in [6.45, 7) is 2.08. The van der Waals surface area contributed by atoms with Crippen LogP contribution in [0.5, 0.6) is 5.75 Å². The number of hydrogen-bond donors (Lipinski definition) is 1. The van der Waals surface area contributed by atoms with E-state index in [1.54, 1.807) is 6.07 Å². The lowest BCUT2D eigenvalue weighted by atomic mass is 10.1. The molecule has 0 spiro atoms. The van der Waals surface area contributed by atoms with E-state index in [9.17, 15) is 5.11 Å². The van der Waals surface area contributed by atoms with Crippen molar-refractivity contribution in [2.24, 2.45) is 0 Å². The summed E-state index contributed by atoms with van der Waals surface area (Å²) >= 11 is 0. The second-order valence-corrected chi connectivity index (χ2v) is 4.56. The molecule has 1 fully saturated rings. The van der Waals surface area contributed by atoms with Crippen molar-refractivity contribution in [3.63, 3.8) is 0 Å². The first-order valence-electron chi connectivity index (χ1n) is 6.18. The van der Waals surface area contributed by atoms with E-state index in [0.29, 0.717) is 5.75 Å². The highest BCUT2D eigenvalue weighted by Crippen LogP contribution is 2.33. The van der Waals surface area contributed by atoms with E-state index in [1.165, 1.54) is 19.3 Å². The average Bonchev–Trinajstić information content (AvgIpc) is 2.39. The predicted molar refractivity (Wildman–Crippen MR) is 69.5 cm³/mol. The van der Waals surface area contributed by atoms with Crippen LogP contribution in [0.3, 0.4) is 0 Å². The number of anilines is 1. The molecule has 1 aromatic carbocycles. The van der Waals surface area contributed by atoms with Crippen LogP contribution in [0.25, 0.3) is 10.8 Å². The number of phenols is 1. The number of nitrogens with zero attached hydrogens (tertiary/aromatic N) is 2. The van der Waals surface area contributed by atoms with E-state index in [2.05, 4.69) is 9.88 Å². The molecule has 1 N–H and O–H groups in total. The van der Waals surface area contributed by atoms with Crippen LogP contribution in [0.2, 0.25) is 0 Å². The van der Waals surface area contributed by atoms with Crippen LogP contribution in [0.1, 0.15) is 19.3 Å². The Kier molecular flexibility index (Phi) is 2.59. The van der Waals surface area contributed by atoms with Gasteiger partial charge in [0.25, 0.3) is 0 Å². The molecule has 0 unspecified atom stereocenters. The second-order valence-electron chi connectivity index (χ2n) is 4.56. The maximum atomic E-state index is 10.0. The van der Waals surface area contributed by atoms with Crippen LogP contribution >= 0.6 is 0 Å². The molecule has 3 nitrogen and oxygen atoms in total. The summed E-state index contributed by atoms with van der Waals surface area (Å²) in [7, 11) is 0. The summed E-state index contributed by atoms with van der Waals surface area (Å²) in [5.74, 6) is 1.26. The summed E-state index contributed by atoms with van der Waals surface area (Å²) < 4.78 is 0. The molecule has 2 aromatic rings. The molecule has 0 saturated carbocycles. The highest BCUT2D eigenvalue weighted by molar-refractivity contribution is 5.96. The van der Waals surface area contributed by atoms with Gasteiger partial charge in [0.1, 0.15) is 11.6 Å². The molecule has 2 heterocycles. The number of rotatable bonds is 1. The molecule has 0 amide bonds. The van der Waals surface area contributed by atoms with Gasteiger partial charge in [-0.15, -0.1) is 0 Å². The lowest BCUT2D eigenvalue weighted by Gasteiger charge is -2.28. The third-order valence-electron chi connectivity index (χ3n) is 3.40. The highest BCUT2D eigenvalue weighted by Gasteiger charge is 2.16. The SMILES string of the molecule is Oc1cccc2ccnc(N3CCCCC3)c12. The Morgan fingerprint density at radius 2 is 1.88 bits per heavy atom. The minimum absolute atomic E-state index is 0.330. The third kappa shape index (κ3) is 1.82. The zero-order valence-corrected chi connectivity index (χ0v) is 9.76. The Bertz CT molecular complexity index is 527. The molecular formula is C14H16N2O. The molecule has 0 radical (unpaired) electrons. The van der Waals surface area contributed by atoms with Gasteiger partial charge < -0.3 is 10.0 Å². The molecule has 1 aliphatic rings. The van der Waals surface area contributed by atoms with E-state index < -0.39 is 0 Å². The van der Waals surface area contributed by atoms with Crippen molar-refractivity contribution in [1.29, 1.82) is 0 Å². The van der Waals surface area contributed by atoms with Crippen molar-refractivity contribution in [2.75, 3.05) is 18.0 Å². The fourth-order valence-electron chi connectivity index (χ4n) is 2.54. The van der Waals surface area contributed by atoms with Gasteiger partial charge in [0.2, 0.25) is 0 Å². The molecule has 3 heteroatoms. The Morgan fingerprint density at radius 1 is 1.06 bits per heavy atom. The van der Waals surface area contributed by atoms with Gasteiger partial charge in [-0.1, -0.05) is 12.1 Å². The molecule has 1 saturated heterocycles. The second kappa shape index (κ2) is 4.24. The molecule has 0 bridgehead atoms. The number of benzene rings is 1. The Labute approximate surface area is 101 Å². The normalized spacial score (nSPS) is 16.4. The zero-order valence-electron chi connectivity index (χ0n) is 9.76. The standard InChI is InChI=1S/C14H16N2O/c17-12-6-4-5-11-7-8-15-14(13(11)12)16-9-2-1-3-10-16/h4-8,17H,1-3,9-10H2. The summed E-state index contributed by atoms with van der Waals surface area (Å²) in [5.41, 5.74) is 0. The van der Waals surface area contributed by atoms with E-state index in [-0.39, 0.29) is 0 Å². The van der Waals surface area contributed by atoms with Gasteiger partial charge in [0.15, 0.2) is 0 Å². The fraction of sp³-hybridized carbons (Fsp3) is 0.357. The minimum atomic E-state index is 0.330. The van der Waals surface area contributed by atoms with E-state index in [1.807, 2.05) is 24.4 Å². The summed E-state index contributed by atoms with van der Waals surface area (Å²) in [4.78, 5) is 6.74. The third-order valence-corrected chi connectivity index (χ3v) is 3.40. The van der Waals surface area contributed by atoms with Crippen molar-refractivity contribution in [1.82, 2.24) is 4.98 Å². The molecule has 3 rings (SSSR count). The summed E-state index contributed by atoms with van der Waals surface area (Å²) in [5, 5.41) is 12.0. The first kappa shape index (κ1) is 10.4. The van der Waals surface area contributed by atoms with E-state index >= 15 is 0 Å². The van der Waals surface area contributed by atoms with Gasteiger partial charge >= 0.3 is 0 Å². The van der Waals surface area contributed by atoms with Crippen LogP contribution in [-0.4, -0.2) is 23.2 Å². The minimum Gasteiger partial charge on any atom is -0.507 e. The van der Waals surface area contributed by atoms with Crippen molar-refractivity contribution in [2.45, 2.75) is 19.3 Å². The largest absolute Gasteiger partial charge is 0.507 e. The van der Waals surface area contributed by atoms with Crippen LogP contribution in [0.4, 0.5) is 5.82 Å². The van der Waals surface area contributed by atoms with E-state index in [4.69, 9.17) is 0 Å². The molecule has 1 aromatic heterocycles. The van der Waals surface area contributed by atoms with Gasteiger partial charge in [-0.2, -0.15) is 0 Å². The topological polar surface area (TPSA) is 36.4 Å². The van der Waals surface area contributed by atoms with Crippen LogP contribution in [-0.2, 0) is 0 Å². The first-order chi connectivity index (χ1) is 8.36. The van der Waals surface area contributed by atoms with Gasteiger partial charge in [0, 0.05) is 19.3 Å². The number of aromatic nitrogens is 1. The summed E-state index contributed by atoms with van der Waals surface area (Å²) in [6, 6.07) is 7.57. The van der Waals surface area contributed by atoms with Crippen LogP contribution in [0, 0.1) is 0 Å². The first-order valence-corrected chi connectivity index (χ1v) is 6.18. The molecule has 17 heavy (non-hydrogen) atoms. The van der Waals surface area contributed by atoms with Crippen molar-refractivity contribution >= 4 is 16.6 Å². The van der Waals surface area contributed by atoms with Gasteiger partial charge in [-0.25, -0.2) is 4.98 Å². The quantitative estimate of drug-likeness (QED) is 0.815.